The second-order valence-electron chi connectivity index (χ2n) is 7.25. The third-order valence-electron chi connectivity index (χ3n) is 6.56. The number of fused-ring (bicyclic) bond motifs is 9. The molecule has 4 bridgehead atoms. The summed E-state index contributed by atoms with van der Waals surface area (Å²) in [6.45, 7) is 4.79. The summed E-state index contributed by atoms with van der Waals surface area (Å²) in [5.74, 6) is 6.00. The van der Waals surface area contributed by atoms with Gasteiger partial charge < -0.3 is 0 Å². The molecule has 107 valence electrons. The summed E-state index contributed by atoms with van der Waals surface area (Å²) in [7, 11) is 5.56. The van der Waals surface area contributed by atoms with Crippen LogP contribution >= 0.6 is 0 Å². The molecule has 7 unspecified atom stereocenters. The molecule has 0 aliphatic heterocycles. The van der Waals surface area contributed by atoms with E-state index < -0.39 is 0 Å². The van der Waals surface area contributed by atoms with Gasteiger partial charge in [-0.2, -0.15) is 0 Å². The summed E-state index contributed by atoms with van der Waals surface area (Å²) in [6.07, 6.45) is 9.32. The Hall–Kier alpha value is -0.565. The Bertz CT molecular complexity index is 421. The number of rotatable bonds is 6. The molecule has 0 heterocycles. The van der Waals surface area contributed by atoms with Gasteiger partial charge >= 0.3 is 122 Å². The van der Waals surface area contributed by atoms with Crippen LogP contribution in [0.15, 0.2) is 12.7 Å². The van der Waals surface area contributed by atoms with Gasteiger partial charge in [0, 0.05) is 0 Å². The molecule has 7 atom stereocenters. The van der Waals surface area contributed by atoms with Crippen LogP contribution in [-0.4, -0.2) is 32.5 Å². The van der Waals surface area contributed by atoms with Crippen molar-refractivity contribution in [3.05, 3.63) is 12.7 Å². The van der Waals surface area contributed by atoms with Crippen molar-refractivity contribution in [2.45, 2.75) is 38.2 Å². The average molecular weight is 271 g/mol. The van der Waals surface area contributed by atoms with E-state index in [1.54, 1.807) is 0 Å². The molecule has 4 saturated carbocycles. The Morgan fingerprint density at radius 3 is 2.65 bits per heavy atom. The molecule has 2 nitrogen and oxygen atoms in total. The summed E-state index contributed by atoms with van der Waals surface area (Å²) in [4.78, 5) is 0. The first kappa shape index (κ1) is 13.1. The molecule has 0 aromatic rings. The minimum absolute atomic E-state index is 0.398. The van der Waals surface area contributed by atoms with E-state index in [9.17, 15) is 0 Å². The van der Waals surface area contributed by atoms with E-state index in [4.69, 9.17) is 17.0 Å². The molecule has 4 aliphatic carbocycles. The van der Waals surface area contributed by atoms with Gasteiger partial charge in [0.05, 0.1) is 0 Å². The van der Waals surface area contributed by atoms with Crippen LogP contribution in [-0.2, 0) is 9.47 Å². The Labute approximate surface area is 123 Å². The van der Waals surface area contributed by atoms with E-state index in [1.165, 1.54) is 38.2 Å². The molecule has 3 heteroatoms. The monoisotopic (exact) mass is 271 g/mol. The Balaban J connectivity index is 1.30. The van der Waals surface area contributed by atoms with Crippen LogP contribution in [0.5, 0.6) is 0 Å². The van der Waals surface area contributed by atoms with Crippen molar-refractivity contribution in [3.8, 4) is 0 Å². The van der Waals surface area contributed by atoms with Crippen molar-refractivity contribution in [1.82, 2.24) is 0 Å². The number of ether oxygens (including phenoxy) is 2. The predicted octanol–water partition coefficient (Wildman–Crippen LogP) is 2.57. The predicted molar refractivity (Wildman–Crippen MR) is 80.7 cm³/mol. The van der Waals surface area contributed by atoms with Crippen molar-refractivity contribution in [1.29, 1.82) is 0 Å². The third kappa shape index (κ3) is 1.93. The van der Waals surface area contributed by atoms with Gasteiger partial charge in [0.25, 0.3) is 0 Å². The second-order valence-corrected chi connectivity index (χ2v) is 7.25. The van der Waals surface area contributed by atoms with E-state index in [2.05, 4.69) is 6.58 Å². The fraction of sp³-hybridized carbons (Fsp3) is 0.824. The van der Waals surface area contributed by atoms with E-state index in [1.807, 2.05) is 0 Å². The molecule has 4 fully saturated rings. The summed E-state index contributed by atoms with van der Waals surface area (Å²) in [6, 6.07) is 0. The van der Waals surface area contributed by atoms with Crippen LogP contribution in [0.4, 0.5) is 0 Å². The van der Waals surface area contributed by atoms with E-state index >= 15 is 0 Å². The Kier molecular flexibility index (Phi) is 3.29. The molecule has 4 aliphatic rings. The third-order valence-corrected chi connectivity index (χ3v) is 6.56. The van der Waals surface area contributed by atoms with Gasteiger partial charge in [0.15, 0.2) is 0 Å². The van der Waals surface area contributed by atoms with Crippen LogP contribution < -0.4 is 0 Å². The summed E-state index contributed by atoms with van der Waals surface area (Å²) in [5.41, 5.74) is 0.398. The van der Waals surface area contributed by atoms with Crippen molar-refractivity contribution in [3.63, 3.8) is 0 Å². The van der Waals surface area contributed by atoms with Crippen molar-refractivity contribution in [2.24, 2.45) is 35.5 Å². The zero-order chi connectivity index (χ0) is 13.7. The fourth-order valence-corrected chi connectivity index (χ4v) is 6.11. The molecule has 0 amide bonds. The zero-order valence-corrected chi connectivity index (χ0v) is 12.2. The van der Waals surface area contributed by atoms with Gasteiger partial charge in [-0.05, 0) is 0 Å². The van der Waals surface area contributed by atoms with E-state index in [-0.39, 0.29) is 0 Å². The van der Waals surface area contributed by atoms with Gasteiger partial charge in [-0.25, -0.2) is 0 Å². The van der Waals surface area contributed by atoms with Gasteiger partial charge in [0.2, 0.25) is 0 Å². The first-order chi connectivity index (χ1) is 9.78. The average Bonchev–Trinajstić information content (AvgIpc) is 3.19. The maximum atomic E-state index is 6.12. The van der Waals surface area contributed by atoms with Crippen molar-refractivity contribution >= 4 is 13.1 Å². The van der Waals surface area contributed by atoms with Crippen LogP contribution in [0.3, 0.4) is 0 Å². The molecule has 0 spiro atoms. The van der Waals surface area contributed by atoms with Crippen LogP contribution in [0.1, 0.15) is 32.1 Å². The quantitative estimate of drug-likeness (QED) is 0.420. The SMILES string of the molecule is [B]=C(C=C)OCCOC1CC2CC1C1C3CCC(C3)C21. The molecule has 4 rings (SSSR count). The maximum absolute atomic E-state index is 6.12. The van der Waals surface area contributed by atoms with E-state index in [0.29, 0.717) is 25.0 Å². The summed E-state index contributed by atoms with van der Waals surface area (Å²) in [5, 5.41) is 0. The Morgan fingerprint density at radius 2 is 1.85 bits per heavy atom. The molecule has 0 N–H and O–H groups in total. The standard InChI is InChI=1S/C17H24BO2/c1-2-15(18)20-6-5-19-14-9-12-8-13(14)17-11-4-3-10(7-11)16(12)17/h2,10-14,16-17H,1,3-9H2. The molecule has 0 saturated heterocycles. The van der Waals surface area contributed by atoms with Gasteiger partial charge in [-0.1, -0.05) is 0 Å². The molecular formula is C17H24BO2. The summed E-state index contributed by atoms with van der Waals surface area (Å²) < 4.78 is 11.4. The van der Waals surface area contributed by atoms with Crippen molar-refractivity contribution in [2.75, 3.05) is 13.2 Å². The van der Waals surface area contributed by atoms with Gasteiger partial charge in [-0.3, -0.25) is 0 Å². The topological polar surface area (TPSA) is 18.5 Å². The fourth-order valence-electron chi connectivity index (χ4n) is 6.11. The zero-order valence-electron chi connectivity index (χ0n) is 12.2. The van der Waals surface area contributed by atoms with Crippen molar-refractivity contribution < 1.29 is 9.47 Å². The molecule has 1 radical (unpaired) electrons. The number of hydrogen-bond donors (Lipinski definition) is 0. The molecule has 20 heavy (non-hydrogen) atoms. The van der Waals surface area contributed by atoms with Crippen LogP contribution in [0.25, 0.3) is 0 Å². The minimum atomic E-state index is 0.398. The molecule has 0 aromatic heterocycles. The first-order valence-corrected chi connectivity index (χ1v) is 8.27. The Morgan fingerprint density at radius 1 is 1.05 bits per heavy atom. The van der Waals surface area contributed by atoms with Crippen LogP contribution in [0, 0.1) is 35.5 Å². The molecule has 0 aromatic carbocycles. The van der Waals surface area contributed by atoms with Gasteiger partial charge in [0.1, 0.15) is 0 Å². The second kappa shape index (κ2) is 5.01. The molecular weight excluding hydrogens is 247 g/mol. The van der Waals surface area contributed by atoms with E-state index in [0.717, 1.165) is 35.5 Å². The summed E-state index contributed by atoms with van der Waals surface area (Å²) >= 11 is 0. The number of hydrogen-bond acceptors (Lipinski definition) is 2. The van der Waals surface area contributed by atoms with Crippen LogP contribution in [0.2, 0.25) is 0 Å². The normalized spacial score (nSPS) is 47.5. The first-order valence-electron chi connectivity index (χ1n) is 8.27. The van der Waals surface area contributed by atoms with Gasteiger partial charge in [-0.15, -0.1) is 0 Å².